The van der Waals surface area contributed by atoms with E-state index in [2.05, 4.69) is 185 Å². The van der Waals surface area contributed by atoms with E-state index in [0.717, 1.165) is 94.1 Å². The SMILES string of the molecule is c1ccc(-c2cc(-c3ccccc3)nc(-n3c4ccccc4c4c5c6ccccc6n(-c6cccc7c6oc6c(-c8ccccc8)cccc67)c5ccc43)n2)cc1. The molecule has 4 aromatic heterocycles. The predicted octanol–water partition coefficient (Wildman–Crippen LogP) is 13.6. The Bertz CT molecular complexity index is 3450. The summed E-state index contributed by atoms with van der Waals surface area (Å²) in [5, 5.41) is 6.85. The molecular weight excluding hydrogens is 697 g/mol. The van der Waals surface area contributed by atoms with Gasteiger partial charge in [-0.1, -0.05) is 158 Å². The van der Waals surface area contributed by atoms with E-state index in [4.69, 9.17) is 14.4 Å². The number of hydrogen-bond acceptors (Lipinski definition) is 3. The van der Waals surface area contributed by atoms with E-state index in [1.54, 1.807) is 0 Å². The van der Waals surface area contributed by atoms with Gasteiger partial charge in [0.1, 0.15) is 5.58 Å². The van der Waals surface area contributed by atoms with Crippen LogP contribution in [0.3, 0.4) is 0 Å². The Morgan fingerprint density at radius 3 is 1.44 bits per heavy atom. The summed E-state index contributed by atoms with van der Waals surface area (Å²) in [6.45, 7) is 0. The Balaban J connectivity index is 1.16. The van der Waals surface area contributed by atoms with Crippen molar-refractivity contribution >= 4 is 65.6 Å². The summed E-state index contributed by atoms with van der Waals surface area (Å²) in [5.41, 5.74) is 13.1. The van der Waals surface area contributed by atoms with Crippen molar-refractivity contribution in [1.29, 1.82) is 0 Å². The molecule has 12 rings (SSSR count). The molecule has 0 radical (unpaired) electrons. The highest BCUT2D eigenvalue weighted by Gasteiger charge is 2.24. The molecule has 0 aliphatic rings. The third kappa shape index (κ3) is 4.76. The molecule has 0 amide bonds. The molecule has 0 saturated carbocycles. The van der Waals surface area contributed by atoms with Crippen molar-refractivity contribution in [2.75, 3.05) is 0 Å². The largest absolute Gasteiger partial charge is 0.453 e. The minimum Gasteiger partial charge on any atom is -0.453 e. The zero-order valence-corrected chi connectivity index (χ0v) is 30.7. The van der Waals surface area contributed by atoms with Crippen molar-refractivity contribution in [3.05, 3.63) is 194 Å². The standard InChI is InChI=1S/C52H32N4O/c1-4-16-33(17-5-1)36-24-14-25-37-38-26-15-29-47(51(38)57-50(36)37)55-43-27-12-10-22-39(43)48-45(55)30-31-46-49(48)40-23-11-13-28-44(40)56(46)52-53-41(34-18-6-2-7-19-34)32-42(54-52)35-20-8-3-9-21-35/h1-32H. The maximum atomic E-state index is 6.96. The fraction of sp³-hybridized carbons (Fsp3) is 0. The lowest BCUT2D eigenvalue weighted by atomic mass is 10.0. The van der Waals surface area contributed by atoms with Crippen molar-refractivity contribution < 1.29 is 4.42 Å². The second-order valence-corrected chi connectivity index (χ2v) is 14.5. The number of fused-ring (bicyclic) bond motifs is 10. The first-order valence-electron chi connectivity index (χ1n) is 19.3. The lowest BCUT2D eigenvalue weighted by Crippen LogP contribution is -2.04. The number of benzene rings is 8. The minimum atomic E-state index is 0.630. The van der Waals surface area contributed by atoms with Crippen LogP contribution < -0.4 is 0 Å². The maximum absolute atomic E-state index is 6.96. The lowest BCUT2D eigenvalue weighted by molar-refractivity contribution is 0.667. The molecule has 0 fully saturated rings. The van der Waals surface area contributed by atoms with Crippen molar-refractivity contribution in [3.8, 4) is 45.3 Å². The molecule has 0 aliphatic carbocycles. The average Bonchev–Trinajstić information content (AvgIpc) is 3.95. The van der Waals surface area contributed by atoms with E-state index in [1.807, 2.05) is 18.2 Å². The van der Waals surface area contributed by atoms with Crippen LogP contribution in [0.4, 0.5) is 0 Å². The molecule has 12 aromatic rings. The van der Waals surface area contributed by atoms with E-state index < -0.39 is 0 Å². The Hall–Kier alpha value is -7.76. The van der Waals surface area contributed by atoms with Gasteiger partial charge in [0, 0.05) is 49.0 Å². The first-order chi connectivity index (χ1) is 28.3. The van der Waals surface area contributed by atoms with Gasteiger partial charge in [0.15, 0.2) is 5.58 Å². The van der Waals surface area contributed by atoms with E-state index >= 15 is 0 Å². The quantitative estimate of drug-likeness (QED) is 0.177. The third-order valence-electron chi connectivity index (χ3n) is 11.4. The van der Waals surface area contributed by atoms with E-state index in [0.29, 0.717) is 5.95 Å². The maximum Gasteiger partial charge on any atom is 0.235 e. The highest BCUT2D eigenvalue weighted by atomic mass is 16.3. The summed E-state index contributed by atoms with van der Waals surface area (Å²) in [4.78, 5) is 10.6. The summed E-state index contributed by atoms with van der Waals surface area (Å²) < 4.78 is 11.6. The molecule has 266 valence electrons. The molecule has 8 aromatic carbocycles. The molecular formula is C52H32N4O. The number of hydrogen-bond donors (Lipinski definition) is 0. The fourth-order valence-electron chi connectivity index (χ4n) is 8.87. The zero-order chi connectivity index (χ0) is 37.5. The van der Waals surface area contributed by atoms with Crippen LogP contribution in [0.15, 0.2) is 199 Å². The monoisotopic (exact) mass is 728 g/mol. The van der Waals surface area contributed by atoms with Crippen LogP contribution in [0.2, 0.25) is 0 Å². The molecule has 5 heteroatoms. The molecule has 0 bridgehead atoms. The summed E-state index contributed by atoms with van der Waals surface area (Å²) in [6.07, 6.45) is 0. The molecule has 0 saturated heterocycles. The Labute approximate surface area is 327 Å². The second-order valence-electron chi connectivity index (χ2n) is 14.5. The molecule has 0 N–H and O–H groups in total. The van der Waals surface area contributed by atoms with Crippen LogP contribution in [0.25, 0.3) is 111 Å². The first kappa shape index (κ1) is 31.6. The number of rotatable bonds is 5. The van der Waals surface area contributed by atoms with Crippen molar-refractivity contribution in [2.24, 2.45) is 0 Å². The molecule has 0 unspecified atom stereocenters. The second kappa shape index (κ2) is 12.4. The normalized spacial score (nSPS) is 11.9. The molecule has 0 atom stereocenters. The lowest BCUT2D eigenvalue weighted by Gasteiger charge is -2.12. The first-order valence-corrected chi connectivity index (χ1v) is 19.3. The van der Waals surface area contributed by atoms with Crippen LogP contribution in [0.5, 0.6) is 0 Å². The number of furan rings is 1. The Morgan fingerprint density at radius 2 is 0.825 bits per heavy atom. The van der Waals surface area contributed by atoms with Gasteiger partial charge in [-0.05, 0) is 42.0 Å². The molecule has 0 aliphatic heterocycles. The number of aromatic nitrogens is 4. The average molecular weight is 729 g/mol. The topological polar surface area (TPSA) is 48.8 Å². The van der Waals surface area contributed by atoms with E-state index in [-0.39, 0.29) is 0 Å². The zero-order valence-electron chi connectivity index (χ0n) is 30.7. The van der Waals surface area contributed by atoms with Crippen LogP contribution in [0, 0.1) is 0 Å². The highest BCUT2D eigenvalue weighted by Crippen LogP contribution is 2.44. The van der Waals surface area contributed by atoms with Crippen LogP contribution in [-0.4, -0.2) is 19.1 Å². The van der Waals surface area contributed by atoms with E-state index in [9.17, 15) is 0 Å². The van der Waals surface area contributed by atoms with Gasteiger partial charge in [-0.25, -0.2) is 9.97 Å². The van der Waals surface area contributed by atoms with Crippen molar-refractivity contribution in [3.63, 3.8) is 0 Å². The summed E-state index contributed by atoms with van der Waals surface area (Å²) >= 11 is 0. The Morgan fingerprint density at radius 1 is 0.351 bits per heavy atom. The van der Waals surface area contributed by atoms with Gasteiger partial charge < -0.3 is 8.98 Å². The van der Waals surface area contributed by atoms with Gasteiger partial charge >= 0.3 is 0 Å². The number of nitrogens with zero attached hydrogens (tertiary/aromatic N) is 4. The predicted molar refractivity (Wildman–Crippen MR) is 234 cm³/mol. The van der Waals surface area contributed by atoms with Gasteiger partial charge in [-0.3, -0.25) is 4.57 Å². The molecule has 57 heavy (non-hydrogen) atoms. The van der Waals surface area contributed by atoms with Gasteiger partial charge in [-0.15, -0.1) is 0 Å². The third-order valence-corrected chi connectivity index (χ3v) is 11.4. The highest BCUT2D eigenvalue weighted by molar-refractivity contribution is 6.29. The molecule has 5 nitrogen and oxygen atoms in total. The van der Waals surface area contributed by atoms with Crippen molar-refractivity contribution in [2.45, 2.75) is 0 Å². The van der Waals surface area contributed by atoms with Gasteiger partial charge in [0.25, 0.3) is 0 Å². The van der Waals surface area contributed by atoms with E-state index in [1.165, 1.54) is 10.8 Å². The van der Waals surface area contributed by atoms with Gasteiger partial charge in [0.05, 0.1) is 39.1 Å². The van der Waals surface area contributed by atoms with Crippen LogP contribution in [0.1, 0.15) is 0 Å². The van der Waals surface area contributed by atoms with Crippen molar-refractivity contribution in [1.82, 2.24) is 19.1 Å². The Kier molecular flexibility index (Phi) is 6.86. The fourth-order valence-corrected chi connectivity index (χ4v) is 8.87. The number of para-hydroxylation sites is 4. The van der Waals surface area contributed by atoms with Gasteiger partial charge in [0.2, 0.25) is 5.95 Å². The molecule has 4 heterocycles. The van der Waals surface area contributed by atoms with Crippen LogP contribution >= 0.6 is 0 Å². The minimum absolute atomic E-state index is 0.630. The summed E-state index contributed by atoms with van der Waals surface area (Å²) in [7, 11) is 0. The smallest absolute Gasteiger partial charge is 0.235 e. The van der Waals surface area contributed by atoms with Gasteiger partial charge in [-0.2, -0.15) is 0 Å². The summed E-state index contributed by atoms with van der Waals surface area (Å²) in [6, 6.07) is 68.1. The van der Waals surface area contributed by atoms with Crippen LogP contribution in [-0.2, 0) is 0 Å². The molecule has 0 spiro atoms. The summed E-state index contributed by atoms with van der Waals surface area (Å²) in [5.74, 6) is 0.630.